The molecule has 0 nitrogen and oxygen atoms in total. The third kappa shape index (κ3) is 0.929. The fourth-order valence-electron chi connectivity index (χ4n) is 1.05. The van der Waals surface area contributed by atoms with E-state index in [2.05, 4.69) is 6.07 Å². The quantitative estimate of drug-likeness (QED) is 0.542. The molecule has 0 aliphatic heterocycles. The van der Waals surface area contributed by atoms with E-state index in [0.717, 1.165) is 18.4 Å². The predicted molar refractivity (Wildman–Crippen MR) is 42.0 cm³/mol. The van der Waals surface area contributed by atoms with Crippen molar-refractivity contribution in [3.63, 3.8) is 0 Å². The minimum Gasteiger partial charge on any atom is -0.114 e. The number of rotatable bonds is 1. The van der Waals surface area contributed by atoms with Crippen molar-refractivity contribution in [3.8, 4) is 0 Å². The summed E-state index contributed by atoms with van der Waals surface area (Å²) in [5, 5.41) is 0. The van der Waals surface area contributed by atoms with Crippen molar-refractivity contribution in [3.05, 3.63) is 35.9 Å². The molecule has 0 saturated heterocycles. The highest BCUT2D eigenvalue weighted by molar-refractivity contribution is 6.25. The molecular weight excluding hydrogens is 144 g/mol. The number of benzene rings is 1. The van der Waals surface area contributed by atoms with E-state index in [1.807, 2.05) is 24.3 Å². The van der Waals surface area contributed by atoms with Gasteiger partial charge in [0.15, 0.2) is 0 Å². The first-order valence-corrected chi connectivity index (χ1v) is 3.85. The Balaban J connectivity index is 2.35. The molecule has 1 heteroatoms. The Morgan fingerprint density at radius 1 is 1.40 bits per heavy atom. The van der Waals surface area contributed by atoms with Gasteiger partial charge in [0.1, 0.15) is 0 Å². The number of hydrogen-bond donors (Lipinski definition) is 0. The van der Waals surface area contributed by atoms with Gasteiger partial charge in [0.05, 0.1) is 4.87 Å². The van der Waals surface area contributed by atoms with Gasteiger partial charge in [0, 0.05) is 0 Å². The highest BCUT2D eigenvalue weighted by Gasteiger charge is 2.41. The van der Waals surface area contributed by atoms with Gasteiger partial charge in [-0.25, -0.2) is 0 Å². The molecule has 0 unspecified atom stereocenters. The van der Waals surface area contributed by atoms with Crippen LogP contribution in [0.25, 0.3) is 0 Å². The Morgan fingerprint density at radius 3 is 2.70 bits per heavy atom. The Hall–Kier alpha value is -0.490. The molecule has 2 rings (SSSR count). The van der Waals surface area contributed by atoms with E-state index in [1.165, 1.54) is 0 Å². The highest BCUT2D eigenvalue weighted by atomic mass is 35.5. The number of alkyl halides is 1. The Bertz CT molecular complexity index is 224. The summed E-state index contributed by atoms with van der Waals surface area (Å²) in [5.74, 6) is 0. The minimum absolute atomic E-state index is 0.0404. The van der Waals surface area contributed by atoms with Gasteiger partial charge in [0.25, 0.3) is 0 Å². The first kappa shape index (κ1) is 6.23. The van der Waals surface area contributed by atoms with Crippen LogP contribution in [0.4, 0.5) is 0 Å². The molecule has 0 bridgehead atoms. The van der Waals surface area contributed by atoms with Crippen molar-refractivity contribution in [1.29, 1.82) is 0 Å². The van der Waals surface area contributed by atoms with Gasteiger partial charge in [-0.1, -0.05) is 24.3 Å². The Morgan fingerprint density at radius 2 is 2.20 bits per heavy atom. The van der Waals surface area contributed by atoms with E-state index in [9.17, 15) is 0 Å². The normalized spacial score (nSPS) is 20.5. The van der Waals surface area contributed by atoms with Gasteiger partial charge in [-0.2, -0.15) is 0 Å². The molecule has 1 fully saturated rings. The molecule has 1 aliphatic rings. The molecule has 10 heavy (non-hydrogen) atoms. The molecular formula is C9H8Cl. The van der Waals surface area contributed by atoms with Crippen LogP contribution in [0.1, 0.15) is 18.4 Å². The zero-order valence-electron chi connectivity index (χ0n) is 5.60. The lowest BCUT2D eigenvalue weighted by Crippen LogP contribution is -1.93. The lowest BCUT2D eigenvalue weighted by Gasteiger charge is -2.03. The number of halogens is 1. The maximum absolute atomic E-state index is 6.14. The van der Waals surface area contributed by atoms with Crippen LogP contribution < -0.4 is 0 Å². The van der Waals surface area contributed by atoms with Crippen LogP contribution >= 0.6 is 11.6 Å². The second kappa shape index (κ2) is 2.00. The molecule has 0 spiro atoms. The minimum atomic E-state index is -0.0404. The summed E-state index contributed by atoms with van der Waals surface area (Å²) < 4.78 is 0. The van der Waals surface area contributed by atoms with Gasteiger partial charge in [-0.3, -0.25) is 0 Å². The Kier molecular flexibility index (Phi) is 1.24. The van der Waals surface area contributed by atoms with Crippen LogP contribution in [0.2, 0.25) is 0 Å². The summed E-state index contributed by atoms with van der Waals surface area (Å²) in [7, 11) is 0. The van der Waals surface area contributed by atoms with Crippen molar-refractivity contribution in [1.82, 2.24) is 0 Å². The lowest BCUT2D eigenvalue weighted by atomic mass is 10.1. The molecule has 1 radical (unpaired) electrons. The maximum atomic E-state index is 6.14. The molecule has 1 aromatic rings. The molecule has 1 saturated carbocycles. The zero-order valence-corrected chi connectivity index (χ0v) is 6.36. The second-order valence-corrected chi connectivity index (χ2v) is 3.47. The summed E-state index contributed by atoms with van der Waals surface area (Å²) in [6.07, 6.45) is 2.21. The fraction of sp³-hybridized carbons (Fsp3) is 0.333. The van der Waals surface area contributed by atoms with E-state index in [0.29, 0.717) is 0 Å². The smallest absolute Gasteiger partial charge is 0.0702 e. The molecule has 1 aliphatic carbocycles. The van der Waals surface area contributed by atoms with Gasteiger partial charge in [0.2, 0.25) is 0 Å². The van der Waals surface area contributed by atoms with Crippen molar-refractivity contribution >= 4 is 11.6 Å². The average Bonchev–Trinajstić information content (AvgIpc) is 2.72. The third-order valence-electron chi connectivity index (χ3n) is 1.88. The first-order chi connectivity index (χ1) is 4.81. The number of hydrogen-bond acceptors (Lipinski definition) is 0. The standard InChI is InChI=1S/C9H8Cl/c10-9(6-7-9)8-4-2-1-3-5-8/h1-4H,6-7H2. The molecule has 0 aromatic heterocycles. The van der Waals surface area contributed by atoms with Crippen LogP contribution in [0, 0.1) is 6.07 Å². The van der Waals surface area contributed by atoms with Gasteiger partial charge < -0.3 is 0 Å². The van der Waals surface area contributed by atoms with E-state index in [-0.39, 0.29) is 4.87 Å². The van der Waals surface area contributed by atoms with E-state index in [1.54, 1.807) is 0 Å². The summed E-state index contributed by atoms with van der Waals surface area (Å²) in [6, 6.07) is 11.1. The van der Waals surface area contributed by atoms with Crippen LogP contribution in [0.5, 0.6) is 0 Å². The summed E-state index contributed by atoms with van der Waals surface area (Å²) >= 11 is 6.14. The molecule has 1 aromatic carbocycles. The second-order valence-electron chi connectivity index (χ2n) is 2.74. The van der Waals surface area contributed by atoms with Crippen LogP contribution in [-0.2, 0) is 4.87 Å². The van der Waals surface area contributed by atoms with Gasteiger partial charge in [-0.15, -0.1) is 11.6 Å². The van der Waals surface area contributed by atoms with Crippen molar-refractivity contribution in [2.45, 2.75) is 17.7 Å². The lowest BCUT2D eigenvalue weighted by molar-refractivity contribution is 1.01. The van der Waals surface area contributed by atoms with Crippen molar-refractivity contribution < 1.29 is 0 Å². The maximum Gasteiger partial charge on any atom is 0.0702 e. The fourth-order valence-corrected chi connectivity index (χ4v) is 1.26. The molecule has 0 N–H and O–H groups in total. The summed E-state index contributed by atoms with van der Waals surface area (Å²) in [6.45, 7) is 0. The Labute approximate surface area is 65.8 Å². The SMILES string of the molecule is ClC1(c2[c]cccc2)CC1. The average molecular weight is 152 g/mol. The van der Waals surface area contributed by atoms with E-state index < -0.39 is 0 Å². The van der Waals surface area contributed by atoms with Gasteiger partial charge >= 0.3 is 0 Å². The zero-order chi connectivity index (χ0) is 7.03. The molecule has 0 heterocycles. The largest absolute Gasteiger partial charge is 0.114 e. The summed E-state index contributed by atoms with van der Waals surface area (Å²) in [4.78, 5) is -0.0404. The van der Waals surface area contributed by atoms with Crippen LogP contribution in [0.3, 0.4) is 0 Å². The monoisotopic (exact) mass is 151 g/mol. The topological polar surface area (TPSA) is 0 Å². The predicted octanol–water partition coefficient (Wildman–Crippen LogP) is 2.71. The third-order valence-corrected chi connectivity index (χ3v) is 2.46. The molecule has 51 valence electrons. The highest BCUT2D eigenvalue weighted by Crippen LogP contribution is 2.51. The summed E-state index contributed by atoms with van der Waals surface area (Å²) in [5.41, 5.74) is 1.15. The van der Waals surface area contributed by atoms with Crippen molar-refractivity contribution in [2.24, 2.45) is 0 Å². The molecule has 0 amide bonds. The van der Waals surface area contributed by atoms with E-state index in [4.69, 9.17) is 11.6 Å². The molecule has 0 atom stereocenters. The van der Waals surface area contributed by atoms with E-state index >= 15 is 0 Å². The van der Waals surface area contributed by atoms with Crippen LogP contribution in [-0.4, -0.2) is 0 Å². The van der Waals surface area contributed by atoms with Gasteiger partial charge in [-0.05, 0) is 24.5 Å². The van der Waals surface area contributed by atoms with Crippen LogP contribution in [0.15, 0.2) is 24.3 Å². The first-order valence-electron chi connectivity index (χ1n) is 3.47. The van der Waals surface area contributed by atoms with Crippen molar-refractivity contribution in [2.75, 3.05) is 0 Å².